The van der Waals surface area contributed by atoms with Gasteiger partial charge < -0.3 is 9.47 Å². The van der Waals surface area contributed by atoms with E-state index in [-0.39, 0.29) is 0 Å². The first-order chi connectivity index (χ1) is 5.91. The Morgan fingerprint density at radius 2 is 1.83 bits per heavy atom. The van der Waals surface area contributed by atoms with Crippen LogP contribution in [0.1, 0.15) is 32.6 Å². The Morgan fingerprint density at radius 3 is 2.42 bits per heavy atom. The first-order valence-electron chi connectivity index (χ1n) is 4.50. The average molecular weight is 170 g/mol. The highest BCUT2D eigenvalue weighted by atomic mass is 16.7. The first-order valence-corrected chi connectivity index (χ1v) is 4.50. The molecule has 0 fully saturated rings. The minimum Gasteiger partial charge on any atom is -0.355 e. The third kappa shape index (κ3) is 9.48. The molecular formula is C10H18O2. The molecular weight excluding hydrogens is 152 g/mol. The molecule has 0 rings (SSSR count). The molecule has 0 aliphatic heterocycles. The highest BCUT2D eigenvalue weighted by molar-refractivity contribution is 4.82. The van der Waals surface area contributed by atoms with Gasteiger partial charge in [0.05, 0.1) is 6.61 Å². The van der Waals surface area contributed by atoms with Crippen molar-refractivity contribution in [1.82, 2.24) is 0 Å². The predicted octanol–water partition coefficient (Wildman–Crippen LogP) is 2.19. The Labute approximate surface area is 75.3 Å². The second kappa shape index (κ2) is 10.5. The van der Waals surface area contributed by atoms with Crippen LogP contribution in [-0.4, -0.2) is 20.0 Å². The normalized spacial score (nSPS) is 9.67. The summed E-state index contributed by atoms with van der Waals surface area (Å²) in [6.07, 6.45) is 9.05. The van der Waals surface area contributed by atoms with E-state index in [4.69, 9.17) is 15.9 Å². The SMILES string of the molecule is C#CCCCOCOCCCC. The second-order valence-corrected chi connectivity index (χ2v) is 2.60. The minimum atomic E-state index is 0.407. The van der Waals surface area contributed by atoms with Crippen LogP contribution >= 0.6 is 0 Å². The van der Waals surface area contributed by atoms with Crippen molar-refractivity contribution in [1.29, 1.82) is 0 Å². The van der Waals surface area contributed by atoms with Gasteiger partial charge in [0.15, 0.2) is 0 Å². The topological polar surface area (TPSA) is 18.5 Å². The quantitative estimate of drug-likeness (QED) is 0.316. The van der Waals surface area contributed by atoms with E-state index in [0.717, 1.165) is 32.3 Å². The van der Waals surface area contributed by atoms with Crippen LogP contribution < -0.4 is 0 Å². The molecule has 0 saturated carbocycles. The number of rotatable bonds is 8. The summed E-state index contributed by atoms with van der Waals surface area (Å²) in [6.45, 7) is 4.05. The van der Waals surface area contributed by atoms with Crippen molar-refractivity contribution in [3.05, 3.63) is 0 Å². The van der Waals surface area contributed by atoms with Crippen molar-refractivity contribution in [2.24, 2.45) is 0 Å². The molecule has 0 bridgehead atoms. The lowest BCUT2D eigenvalue weighted by molar-refractivity contribution is -0.0546. The largest absolute Gasteiger partial charge is 0.355 e. The molecule has 0 aromatic carbocycles. The van der Waals surface area contributed by atoms with Crippen molar-refractivity contribution < 1.29 is 9.47 Å². The number of hydrogen-bond acceptors (Lipinski definition) is 2. The molecule has 0 amide bonds. The van der Waals surface area contributed by atoms with Crippen LogP contribution in [0.15, 0.2) is 0 Å². The first kappa shape index (κ1) is 11.5. The van der Waals surface area contributed by atoms with Gasteiger partial charge in [-0.05, 0) is 12.8 Å². The zero-order valence-corrected chi connectivity index (χ0v) is 7.84. The molecule has 0 heterocycles. The van der Waals surface area contributed by atoms with E-state index >= 15 is 0 Å². The van der Waals surface area contributed by atoms with Crippen LogP contribution in [0.2, 0.25) is 0 Å². The van der Waals surface area contributed by atoms with E-state index in [2.05, 4.69) is 12.8 Å². The zero-order valence-electron chi connectivity index (χ0n) is 7.84. The van der Waals surface area contributed by atoms with Crippen molar-refractivity contribution in [3.63, 3.8) is 0 Å². The highest BCUT2D eigenvalue weighted by Crippen LogP contribution is 1.90. The smallest absolute Gasteiger partial charge is 0.146 e. The number of ether oxygens (including phenoxy) is 2. The van der Waals surface area contributed by atoms with Crippen molar-refractivity contribution in [2.75, 3.05) is 20.0 Å². The summed E-state index contributed by atoms with van der Waals surface area (Å²) in [6, 6.07) is 0. The monoisotopic (exact) mass is 170 g/mol. The fourth-order valence-corrected chi connectivity index (χ4v) is 0.699. The maximum atomic E-state index is 5.18. The van der Waals surface area contributed by atoms with Gasteiger partial charge in [0.1, 0.15) is 6.79 Å². The van der Waals surface area contributed by atoms with E-state index in [0.29, 0.717) is 13.4 Å². The zero-order chi connectivity index (χ0) is 9.07. The van der Waals surface area contributed by atoms with Gasteiger partial charge in [0.25, 0.3) is 0 Å². The molecule has 2 nitrogen and oxygen atoms in total. The Morgan fingerprint density at radius 1 is 1.17 bits per heavy atom. The fraction of sp³-hybridized carbons (Fsp3) is 0.800. The Kier molecular flexibility index (Phi) is 10.0. The van der Waals surface area contributed by atoms with E-state index in [1.165, 1.54) is 0 Å². The molecule has 0 aromatic rings. The van der Waals surface area contributed by atoms with Gasteiger partial charge in [0, 0.05) is 13.0 Å². The summed E-state index contributed by atoms with van der Waals surface area (Å²) in [5.74, 6) is 2.56. The van der Waals surface area contributed by atoms with Crippen LogP contribution in [0.25, 0.3) is 0 Å². The molecule has 2 heteroatoms. The molecule has 0 saturated heterocycles. The lowest BCUT2D eigenvalue weighted by Gasteiger charge is -2.03. The van der Waals surface area contributed by atoms with E-state index in [9.17, 15) is 0 Å². The van der Waals surface area contributed by atoms with Crippen molar-refractivity contribution >= 4 is 0 Å². The summed E-state index contributed by atoms with van der Waals surface area (Å²) in [5.41, 5.74) is 0. The third-order valence-corrected chi connectivity index (χ3v) is 1.42. The molecule has 70 valence electrons. The van der Waals surface area contributed by atoms with Gasteiger partial charge in [-0.25, -0.2) is 0 Å². The van der Waals surface area contributed by atoms with Gasteiger partial charge in [-0.1, -0.05) is 13.3 Å². The van der Waals surface area contributed by atoms with E-state index in [1.54, 1.807) is 0 Å². The molecule has 0 spiro atoms. The lowest BCUT2D eigenvalue weighted by Crippen LogP contribution is -2.02. The molecule has 0 atom stereocenters. The molecule has 0 radical (unpaired) electrons. The van der Waals surface area contributed by atoms with Gasteiger partial charge in [-0.15, -0.1) is 12.3 Å². The Hall–Kier alpha value is -0.520. The number of hydrogen-bond donors (Lipinski definition) is 0. The molecule has 0 aliphatic carbocycles. The van der Waals surface area contributed by atoms with Crippen LogP contribution in [0.5, 0.6) is 0 Å². The van der Waals surface area contributed by atoms with Gasteiger partial charge in [-0.3, -0.25) is 0 Å². The summed E-state index contributed by atoms with van der Waals surface area (Å²) >= 11 is 0. The van der Waals surface area contributed by atoms with Gasteiger partial charge in [-0.2, -0.15) is 0 Å². The van der Waals surface area contributed by atoms with Crippen molar-refractivity contribution in [2.45, 2.75) is 32.6 Å². The second-order valence-electron chi connectivity index (χ2n) is 2.60. The summed E-state index contributed by atoms with van der Waals surface area (Å²) < 4.78 is 10.3. The number of unbranched alkanes of at least 4 members (excludes halogenated alkanes) is 2. The lowest BCUT2D eigenvalue weighted by atomic mass is 10.3. The number of terminal acetylenes is 1. The van der Waals surface area contributed by atoms with Crippen LogP contribution in [0.3, 0.4) is 0 Å². The Bertz CT molecular complexity index is 115. The molecule has 12 heavy (non-hydrogen) atoms. The maximum Gasteiger partial charge on any atom is 0.146 e. The van der Waals surface area contributed by atoms with E-state index < -0.39 is 0 Å². The maximum absolute atomic E-state index is 5.18. The molecule has 0 aliphatic rings. The highest BCUT2D eigenvalue weighted by Gasteiger charge is 1.87. The van der Waals surface area contributed by atoms with Crippen molar-refractivity contribution in [3.8, 4) is 12.3 Å². The van der Waals surface area contributed by atoms with Crippen LogP contribution in [0, 0.1) is 12.3 Å². The van der Waals surface area contributed by atoms with Crippen LogP contribution in [0.4, 0.5) is 0 Å². The van der Waals surface area contributed by atoms with E-state index in [1.807, 2.05) is 0 Å². The fourth-order valence-electron chi connectivity index (χ4n) is 0.699. The standard InChI is InChI=1S/C10H18O2/c1-3-5-7-9-12-10-11-8-6-4-2/h1H,4-10H2,2H3. The van der Waals surface area contributed by atoms with Crippen LogP contribution in [-0.2, 0) is 9.47 Å². The third-order valence-electron chi connectivity index (χ3n) is 1.42. The molecule has 0 aromatic heterocycles. The van der Waals surface area contributed by atoms with Gasteiger partial charge >= 0.3 is 0 Å². The molecule has 0 N–H and O–H groups in total. The predicted molar refractivity (Wildman–Crippen MR) is 49.7 cm³/mol. The minimum absolute atomic E-state index is 0.407. The summed E-state index contributed by atoms with van der Waals surface area (Å²) in [4.78, 5) is 0. The molecule has 0 unspecified atom stereocenters. The Balaban J connectivity index is 2.78. The summed E-state index contributed by atoms with van der Waals surface area (Å²) in [5, 5.41) is 0. The average Bonchev–Trinajstić information content (AvgIpc) is 2.10. The van der Waals surface area contributed by atoms with Gasteiger partial charge in [0.2, 0.25) is 0 Å². The summed E-state index contributed by atoms with van der Waals surface area (Å²) in [7, 11) is 0.